The third-order valence-electron chi connectivity index (χ3n) is 6.85. The molecule has 0 aromatic carbocycles. The van der Waals surface area contributed by atoms with Crippen molar-refractivity contribution in [2.24, 2.45) is 23.7 Å². The van der Waals surface area contributed by atoms with Gasteiger partial charge in [0.25, 0.3) is 0 Å². The van der Waals surface area contributed by atoms with E-state index in [-0.39, 0.29) is 6.10 Å². The van der Waals surface area contributed by atoms with Crippen molar-refractivity contribution in [3.05, 3.63) is 0 Å². The average molecular weight is 328 g/mol. The molecule has 134 valence electrons. The van der Waals surface area contributed by atoms with E-state index in [9.17, 15) is 8.78 Å². The second-order valence-corrected chi connectivity index (χ2v) is 8.57. The predicted octanol–water partition coefficient (Wildman–Crippen LogP) is 6.56. The van der Waals surface area contributed by atoms with E-state index < -0.39 is 12.0 Å². The van der Waals surface area contributed by atoms with Crippen molar-refractivity contribution in [2.45, 2.75) is 103 Å². The highest BCUT2D eigenvalue weighted by atomic mass is 19.3. The maximum Gasteiger partial charge on any atom is 0.358 e. The van der Waals surface area contributed by atoms with Gasteiger partial charge in [0, 0.05) is 0 Å². The van der Waals surface area contributed by atoms with Crippen LogP contribution in [0.25, 0.3) is 0 Å². The van der Waals surface area contributed by atoms with Crippen LogP contribution < -0.4 is 0 Å². The molecule has 0 aromatic heterocycles. The standard InChI is InChI=1S/C20H34F2O/c1-15-7-11-18(12-8-15)20(21,22)23-19-13-9-17(10-14-19)16-5-3-2-4-6-16/h15-19H,2-14H2,1H3. The molecule has 0 aromatic rings. The Morgan fingerprint density at radius 2 is 1.26 bits per heavy atom. The molecule has 0 radical (unpaired) electrons. The van der Waals surface area contributed by atoms with Crippen LogP contribution in [0.2, 0.25) is 0 Å². The summed E-state index contributed by atoms with van der Waals surface area (Å²) in [5, 5.41) is 0. The zero-order valence-electron chi connectivity index (χ0n) is 14.7. The van der Waals surface area contributed by atoms with Gasteiger partial charge in [-0.25, -0.2) is 0 Å². The molecule has 3 saturated carbocycles. The lowest BCUT2D eigenvalue weighted by molar-refractivity contribution is -0.302. The van der Waals surface area contributed by atoms with Crippen molar-refractivity contribution < 1.29 is 13.5 Å². The Morgan fingerprint density at radius 1 is 0.696 bits per heavy atom. The molecule has 3 rings (SSSR count). The maximum atomic E-state index is 14.5. The summed E-state index contributed by atoms with van der Waals surface area (Å²) in [4.78, 5) is 0. The fourth-order valence-corrected chi connectivity index (χ4v) is 5.20. The van der Waals surface area contributed by atoms with Crippen LogP contribution in [0.4, 0.5) is 8.78 Å². The molecular formula is C20H34F2O. The van der Waals surface area contributed by atoms with E-state index in [2.05, 4.69) is 6.92 Å². The van der Waals surface area contributed by atoms with Gasteiger partial charge in [0.05, 0.1) is 12.0 Å². The summed E-state index contributed by atoms with van der Waals surface area (Å²) in [6, 6.07) is 0. The summed E-state index contributed by atoms with van der Waals surface area (Å²) >= 11 is 0. The zero-order chi connectivity index (χ0) is 16.3. The summed E-state index contributed by atoms with van der Waals surface area (Å²) in [6.45, 7) is 2.17. The smallest absolute Gasteiger partial charge is 0.317 e. The summed E-state index contributed by atoms with van der Waals surface area (Å²) in [5.41, 5.74) is 0. The van der Waals surface area contributed by atoms with Gasteiger partial charge in [-0.2, -0.15) is 8.78 Å². The van der Waals surface area contributed by atoms with Crippen molar-refractivity contribution in [3.63, 3.8) is 0 Å². The van der Waals surface area contributed by atoms with E-state index >= 15 is 0 Å². The second kappa shape index (κ2) is 7.80. The first-order chi connectivity index (χ1) is 11.0. The van der Waals surface area contributed by atoms with Crippen LogP contribution in [0.15, 0.2) is 0 Å². The molecule has 0 bridgehead atoms. The molecule has 3 heteroatoms. The Kier molecular flexibility index (Phi) is 5.98. The highest BCUT2D eigenvalue weighted by Gasteiger charge is 2.44. The van der Waals surface area contributed by atoms with Gasteiger partial charge in [0.1, 0.15) is 0 Å². The summed E-state index contributed by atoms with van der Waals surface area (Å²) in [5.74, 6) is 1.70. The normalized spacial score (nSPS) is 37.7. The van der Waals surface area contributed by atoms with Crippen molar-refractivity contribution in [1.29, 1.82) is 0 Å². The van der Waals surface area contributed by atoms with Gasteiger partial charge in [-0.1, -0.05) is 51.9 Å². The van der Waals surface area contributed by atoms with Crippen molar-refractivity contribution in [2.75, 3.05) is 0 Å². The van der Waals surface area contributed by atoms with Crippen molar-refractivity contribution in [1.82, 2.24) is 0 Å². The fraction of sp³-hybridized carbons (Fsp3) is 1.00. The Bertz CT molecular complexity index is 349. The third-order valence-corrected chi connectivity index (χ3v) is 6.85. The molecule has 3 fully saturated rings. The minimum atomic E-state index is -2.90. The quantitative estimate of drug-likeness (QED) is 0.567. The lowest BCUT2D eigenvalue weighted by Gasteiger charge is -2.38. The van der Waals surface area contributed by atoms with Crippen LogP contribution in [0, 0.1) is 23.7 Å². The Balaban J connectivity index is 1.44. The first kappa shape index (κ1) is 17.6. The predicted molar refractivity (Wildman–Crippen MR) is 89.5 cm³/mol. The van der Waals surface area contributed by atoms with Gasteiger partial charge in [0.2, 0.25) is 0 Å². The van der Waals surface area contributed by atoms with Crippen LogP contribution in [0.5, 0.6) is 0 Å². The number of ether oxygens (including phenoxy) is 1. The highest BCUT2D eigenvalue weighted by Crippen LogP contribution is 2.43. The molecule has 0 spiro atoms. The van der Waals surface area contributed by atoms with Crippen LogP contribution in [0.1, 0.15) is 90.4 Å². The Labute approximate surface area is 140 Å². The van der Waals surface area contributed by atoms with Crippen LogP contribution >= 0.6 is 0 Å². The molecule has 0 unspecified atom stereocenters. The molecule has 0 heterocycles. The van der Waals surface area contributed by atoms with E-state index in [1.54, 1.807) is 0 Å². The topological polar surface area (TPSA) is 9.23 Å². The van der Waals surface area contributed by atoms with E-state index in [0.29, 0.717) is 18.8 Å². The maximum absolute atomic E-state index is 14.5. The van der Waals surface area contributed by atoms with E-state index in [0.717, 1.165) is 50.4 Å². The van der Waals surface area contributed by atoms with Crippen molar-refractivity contribution in [3.8, 4) is 0 Å². The molecule has 1 nitrogen and oxygen atoms in total. The molecule has 0 amide bonds. The van der Waals surface area contributed by atoms with Gasteiger partial charge >= 0.3 is 6.11 Å². The van der Waals surface area contributed by atoms with E-state index in [1.165, 1.54) is 32.1 Å². The van der Waals surface area contributed by atoms with E-state index in [4.69, 9.17) is 4.74 Å². The number of hydrogen-bond donors (Lipinski definition) is 0. The highest BCUT2D eigenvalue weighted by molar-refractivity contribution is 4.82. The van der Waals surface area contributed by atoms with Crippen LogP contribution in [0.3, 0.4) is 0 Å². The molecule has 0 N–H and O–H groups in total. The van der Waals surface area contributed by atoms with Crippen LogP contribution in [-0.4, -0.2) is 12.2 Å². The molecule has 3 aliphatic carbocycles. The minimum Gasteiger partial charge on any atom is -0.317 e. The SMILES string of the molecule is CC1CCC(C(F)(F)OC2CCC(C3CCCCC3)CC2)CC1. The molecule has 23 heavy (non-hydrogen) atoms. The lowest BCUT2D eigenvalue weighted by Crippen LogP contribution is -2.39. The molecule has 0 atom stereocenters. The van der Waals surface area contributed by atoms with Gasteiger partial charge in [-0.15, -0.1) is 0 Å². The second-order valence-electron chi connectivity index (χ2n) is 8.57. The number of halogens is 2. The van der Waals surface area contributed by atoms with Crippen LogP contribution in [-0.2, 0) is 4.74 Å². The largest absolute Gasteiger partial charge is 0.358 e. The first-order valence-corrected chi connectivity index (χ1v) is 10.1. The fourth-order valence-electron chi connectivity index (χ4n) is 5.20. The molecular weight excluding hydrogens is 294 g/mol. The van der Waals surface area contributed by atoms with Gasteiger partial charge in [0.15, 0.2) is 0 Å². The van der Waals surface area contributed by atoms with Gasteiger partial charge in [-0.05, 0) is 56.3 Å². The number of hydrogen-bond acceptors (Lipinski definition) is 1. The van der Waals surface area contributed by atoms with Gasteiger partial charge in [-0.3, -0.25) is 0 Å². The summed E-state index contributed by atoms with van der Waals surface area (Å²) in [6.07, 6.45) is 10.8. The lowest BCUT2D eigenvalue weighted by atomic mass is 9.73. The third kappa shape index (κ3) is 4.67. The molecule has 0 aliphatic heterocycles. The Morgan fingerprint density at radius 3 is 1.87 bits per heavy atom. The minimum absolute atomic E-state index is 0.204. The summed E-state index contributed by atoms with van der Waals surface area (Å²) < 4.78 is 34.3. The first-order valence-electron chi connectivity index (χ1n) is 10.1. The molecule has 3 aliphatic rings. The van der Waals surface area contributed by atoms with E-state index in [1.807, 2.05) is 0 Å². The average Bonchev–Trinajstić information content (AvgIpc) is 2.56. The number of alkyl halides is 2. The monoisotopic (exact) mass is 328 g/mol. The van der Waals surface area contributed by atoms with Gasteiger partial charge < -0.3 is 4.74 Å². The molecule has 0 saturated heterocycles. The number of rotatable bonds is 4. The Hall–Kier alpha value is -0.180. The van der Waals surface area contributed by atoms with Crippen molar-refractivity contribution >= 4 is 0 Å². The zero-order valence-corrected chi connectivity index (χ0v) is 14.7. The summed E-state index contributed by atoms with van der Waals surface area (Å²) in [7, 11) is 0.